The number of rotatable bonds is 7. The highest BCUT2D eigenvalue weighted by atomic mass is 16.5. The van der Waals surface area contributed by atoms with Crippen LogP contribution < -0.4 is 4.74 Å². The van der Waals surface area contributed by atoms with E-state index in [1.807, 2.05) is 17.8 Å². The normalized spacial score (nSPS) is 11.4. The maximum atomic E-state index is 6.18. The number of aromatic amines is 1. The number of aryl methyl sites for hydroxylation is 3. The lowest BCUT2D eigenvalue weighted by Gasteiger charge is -2.10. The van der Waals surface area contributed by atoms with Crippen molar-refractivity contribution < 1.29 is 4.74 Å². The first-order valence-corrected chi connectivity index (χ1v) is 12.5. The Morgan fingerprint density at radius 2 is 1.58 bits per heavy atom. The summed E-state index contributed by atoms with van der Waals surface area (Å²) in [4.78, 5) is 3.58. The fourth-order valence-corrected chi connectivity index (χ4v) is 5.30. The van der Waals surface area contributed by atoms with Gasteiger partial charge in [-0.05, 0) is 36.8 Å². The van der Waals surface area contributed by atoms with Crippen LogP contribution in [0, 0.1) is 6.92 Å². The molecule has 0 unspecified atom stereocenters. The zero-order valence-corrected chi connectivity index (χ0v) is 20.7. The third kappa shape index (κ3) is 3.95. The largest absolute Gasteiger partial charge is 0.493 e. The molecule has 0 aliphatic rings. The van der Waals surface area contributed by atoms with E-state index in [1.165, 1.54) is 33.0 Å². The molecular formula is C32H29N3O. The van der Waals surface area contributed by atoms with Crippen molar-refractivity contribution >= 4 is 21.7 Å². The minimum Gasteiger partial charge on any atom is -0.493 e. The highest BCUT2D eigenvalue weighted by molar-refractivity contribution is 6.00. The summed E-state index contributed by atoms with van der Waals surface area (Å²) in [5, 5.41) is 8.41. The summed E-state index contributed by atoms with van der Waals surface area (Å²) in [5.74, 6) is 0.954. The van der Waals surface area contributed by atoms with Crippen LogP contribution in [0.1, 0.15) is 17.7 Å². The van der Waals surface area contributed by atoms with Crippen molar-refractivity contribution in [2.45, 2.75) is 19.8 Å². The smallest absolute Gasteiger partial charge is 0.127 e. The van der Waals surface area contributed by atoms with Gasteiger partial charge in [-0.15, -0.1) is 0 Å². The Morgan fingerprint density at radius 1 is 0.833 bits per heavy atom. The van der Waals surface area contributed by atoms with Crippen LogP contribution in [0.2, 0.25) is 0 Å². The molecule has 36 heavy (non-hydrogen) atoms. The van der Waals surface area contributed by atoms with Crippen LogP contribution in [0.4, 0.5) is 0 Å². The molecule has 0 radical (unpaired) electrons. The number of ether oxygens (including phenoxy) is 1. The lowest BCUT2D eigenvalue weighted by Crippen LogP contribution is -1.99. The third-order valence-electron chi connectivity index (χ3n) is 6.94. The summed E-state index contributed by atoms with van der Waals surface area (Å²) in [5.41, 5.74) is 8.19. The number of nitrogens with one attached hydrogen (secondary N) is 1. The molecule has 0 aliphatic carbocycles. The number of para-hydroxylation sites is 1. The van der Waals surface area contributed by atoms with E-state index in [9.17, 15) is 0 Å². The minimum absolute atomic E-state index is 0.681. The molecule has 0 saturated heterocycles. The van der Waals surface area contributed by atoms with Crippen molar-refractivity contribution in [1.29, 1.82) is 0 Å². The molecule has 0 aliphatic heterocycles. The quantitative estimate of drug-likeness (QED) is 0.242. The van der Waals surface area contributed by atoms with Crippen molar-refractivity contribution in [3.63, 3.8) is 0 Å². The van der Waals surface area contributed by atoms with Crippen LogP contribution in [0.5, 0.6) is 5.75 Å². The second-order valence-electron chi connectivity index (χ2n) is 9.27. The highest BCUT2D eigenvalue weighted by Crippen LogP contribution is 2.38. The average molecular weight is 472 g/mol. The van der Waals surface area contributed by atoms with Gasteiger partial charge in [-0.2, -0.15) is 5.10 Å². The molecule has 0 spiro atoms. The first kappa shape index (κ1) is 22.2. The monoisotopic (exact) mass is 471 g/mol. The van der Waals surface area contributed by atoms with E-state index in [0.29, 0.717) is 6.61 Å². The van der Waals surface area contributed by atoms with Gasteiger partial charge in [0.2, 0.25) is 0 Å². The molecule has 4 heteroatoms. The zero-order chi connectivity index (χ0) is 24.5. The van der Waals surface area contributed by atoms with E-state index in [0.717, 1.165) is 40.9 Å². The number of nitrogens with zero attached hydrogens (tertiary/aromatic N) is 2. The average Bonchev–Trinajstić information content (AvgIpc) is 3.46. The van der Waals surface area contributed by atoms with Gasteiger partial charge < -0.3 is 9.72 Å². The predicted octanol–water partition coefficient (Wildman–Crippen LogP) is 7.71. The maximum absolute atomic E-state index is 6.18. The third-order valence-corrected chi connectivity index (χ3v) is 6.94. The molecule has 178 valence electrons. The van der Waals surface area contributed by atoms with Gasteiger partial charge >= 0.3 is 0 Å². The fraction of sp³-hybridized carbons (Fsp3) is 0.156. The lowest BCUT2D eigenvalue weighted by atomic mass is 9.96. The molecule has 0 fully saturated rings. The molecule has 0 saturated carbocycles. The van der Waals surface area contributed by atoms with E-state index in [2.05, 4.69) is 103 Å². The molecule has 1 N–H and O–H groups in total. The first-order chi connectivity index (χ1) is 17.7. The summed E-state index contributed by atoms with van der Waals surface area (Å²) in [6, 6.07) is 31.7. The molecule has 4 nitrogen and oxygen atoms in total. The first-order valence-electron chi connectivity index (χ1n) is 12.5. The van der Waals surface area contributed by atoms with E-state index in [1.54, 1.807) is 0 Å². The topological polar surface area (TPSA) is 42.8 Å². The van der Waals surface area contributed by atoms with E-state index in [4.69, 9.17) is 9.84 Å². The molecule has 0 amide bonds. The maximum Gasteiger partial charge on any atom is 0.127 e. The standard InChI is InChI=1S/C32H29N3O/c1-22-30(32(35(2)34-22)24-12-4-3-5-13-24)28-18-9-17-27-25(21-33-31(27)28)15-10-20-36-29-19-8-14-23-11-6-7-16-26(23)29/h3-9,11-14,16-19,21,33H,10,15,20H2,1-2H3. The van der Waals surface area contributed by atoms with E-state index in [-0.39, 0.29) is 0 Å². The predicted molar refractivity (Wildman–Crippen MR) is 148 cm³/mol. The van der Waals surface area contributed by atoms with E-state index >= 15 is 0 Å². The van der Waals surface area contributed by atoms with Gasteiger partial charge in [0, 0.05) is 40.7 Å². The Morgan fingerprint density at radius 3 is 2.47 bits per heavy atom. The van der Waals surface area contributed by atoms with Crippen LogP contribution in [0.15, 0.2) is 97.2 Å². The van der Waals surface area contributed by atoms with Gasteiger partial charge in [-0.3, -0.25) is 4.68 Å². The van der Waals surface area contributed by atoms with Crippen LogP contribution in [0.25, 0.3) is 44.1 Å². The number of H-pyrrole nitrogens is 1. The molecule has 2 aromatic heterocycles. The molecule has 0 bridgehead atoms. The van der Waals surface area contributed by atoms with Gasteiger partial charge in [0.05, 0.1) is 23.5 Å². The van der Waals surface area contributed by atoms with Crippen molar-refractivity contribution in [1.82, 2.24) is 14.8 Å². The molecule has 2 heterocycles. The Balaban J connectivity index is 1.26. The zero-order valence-electron chi connectivity index (χ0n) is 20.7. The van der Waals surface area contributed by atoms with Crippen molar-refractivity contribution in [2.75, 3.05) is 6.61 Å². The summed E-state index contributed by atoms with van der Waals surface area (Å²) < 4.78 is 8.18. The van der Waals surface area contributed by atoms with Crippen LogP contribution >= 0.6 is 0 Å². The summed E-state index contributed by atoms with van der Waals surface area (Å²) in [7, 11) is 2.02. The lowest BCUT2D eigenvalue weighted by molar-refractivity contribution is 0.315. The fourth-order valence-electron chi connectivity index (χ4n) is 5.30. The van der Waals surface area contributed by atoms with Gasteiger partial charge in [0.1, 0.15) is 5.75 Å². The Hall–Kier alpha value is -4.31. The van der Waals surface area contributed by atoms with Crippen LogP contribution in [-0.2, 0) is 13.5 Å². The van der Waals surface area contributed by atoms with Crippen molar-refractivity contribution in [3.8, 4) is 28.1 Å². The Kier molecular flexibility index (Phi) is 5.78. The Bertz CT molecular complexity index is 1650. The highest BCUT2D eigenvalue weighted by Gasteiger charge is 2.19. The SMILES string of the molecule is Cc1nn(C)c(-c2ccccc2)c1-c1cccc2c(CCCOc3cccc4ccccc34)c[nH]c12. The van der Waals surface area contributed by atoms with Crippen molar-refractivity contribution in [3.05, 3.63) is 108 Å². The molecular weight excluding hydrogens is 442 g/mol. The number of benzene rings is 4. The van der Waals surface area contributed by atoms with Crippen LogP contribution in [0.3, 0.4) is 0 Å². The minimum atomic E-state index is 0.681. The summed E-state index contributed by atoms with van der Waals surface area (Å²) in [6.45, 7) is 2.77. The van der Waals surface area contributed by atoms with Gasteiger partial charge in [0.15, 0.2) is 0 Å². The second-order valence-corrected chi connectivity index (χ2v) is 9.27. The second kappa shape index (κ2) is 9.38. The molecule has 6 rings (SSSR count). The number of aromatic nitrogens is 3. The molecule has 4 aromatic carbocycles. The van der Waals surface area contributed by atoms with Crippen molar-refractivity contribution in [2.24, 2.45) is 7.05 Å². The number of hydrogen-bond donors (Lipinski definition) is 1. The molecule has 0 atom stereocenters. The number of hydrogen-bond acceptors (Lipinski definition) is 2. The van der Waals surface area contributed by atoms with Crippen LogP contribution in [-0.4, -0.2) is 21.4 Å². The van der Waals surface area contributed by atoms with Gasteiger partial charge in [0.25, 0.3) is 0 Å². The Labute approximate surface area is 211 Å². The number of fused-ring (bicyclic) bond motifs is 2. The van der Waals surface area contributed by atoms with E-state index < -0.39 is 0 Å². The summed E-state index contributed by atoms with van der Waals surface area (Å²) in [6.07, 6.45) is 4.05. The summed E-state index contributed by atoms with van der Waals surface area (Å²) >= 11 is 0. The van der Waals surface area contributed by atoms with Gasteiger partial charge in [-0.25, -0.2) is 0 Å². The molecule has 6 aromatic rings. The van der Waals surface area contributed by atoms with Gasteiger partial charge in [-0.1, -0.05) is 84.9 Å².